The fraction of sp³-hybridized carbons (Fsp3) is 0.391. The standard InChI is InChI=1S/C23H28N4OS/c1-18-7-9-19(10-8-18)20-17-29-23(25-20)21-6-4-15-27(21)16-22(28)24-11-5-14-26-12-2-3-13-26/h4,6-10,15,17H,2-3,5,11-14,16H2,1H3,(H,24,28). The first-order valence-corrected chi connectivity index (χ1v) is 11.2. The summed E-state index contributed by atoms with van der Waals surface area (Å²) >= 11 is 1.61. The van der Waals surface area contributed by atoms with Crippen molar-refractivity contribution >= 4 is 17.2 Å². The Morgan fingerprint density at radius 1 is 1.17 bits per heavy atom. The molecule has 1 N–H and O–H groups in total. The highest BCUT2D eigenvalue weighted by Crippen LogP contribution is 2.29. The van der Waals surface area contributed by atoms with Crippen molar-refractivity contribution in [2.75, 3.05) is 26.2 Å². The molecular weight excluding hydrogens is 380 g/mol. The van der Waals surface area contributed by atoms with Gasteiger partial charge in [-0.1, -0.05) is 29.8 Å². The van der Waals surface area contributed by atoms with E-state index in [0.29, 0.717) is 6.54 Å². The first kappa shape index (κ1) is 19.9. The Morgan fingerprint density at radius 3 is 2.76 bits per heavy atom. The van der Waals surface area contributed by atoms with Crippen molar-refractivity contribution in [2.24, 2.45) is 0 Å². The summed E-state index contributed by atoms with van der Waals surface area (Å²) < 4.78 is 1.98. The van der Waals surface area contributed by atoms with Crippen molar-refractivity contribution < 1.29 is 4.79 Å². The van der Waals surface area contributed by atoms with Crippen LogP contribution in [0.2, 0.25) is 0 Å². The first-order valence-electron chi connectivity index (χ1n) is 10.4. The number of benzene rings is 1. The maximum absolute atomic E-state index is 12.4. The molecule has 2 aromatic heterocycles. The highest BCUT2D eigenvalue weighted by molar-refractivity contribution is 7.13. The second-order valence-electron chi connectivity index (χ2n) is 7.68. The highest BCUT2D eigenvalue weighted by atomic mass is 32.1. The van der Waals surface area contributed by atoms with E-state index in [2.05, 4.69) is 46.8 Å². The van der Waals surface area contributed by atoms with Gasteiger partial charge in [0, 0.05) is 23.7 Å². The monoisotopic (exact) mass is 408 g/mol. The van der Waals surface area contributed by atoms with Crippen LogP contribution in [0.5, 0.6) is 0 Å². The van der Waals surface area contributed by atoms with Crippen molar-refractivity contribution in [3.63, 3.8) is 0 Å². The van der Waals surface area contributed by atoms with Crippen molar-refractivity contribution in [2.45, 2.75) is 32.7 Å². The molecule has 0 atom stereocenters. The van der Waals surface area contributed by atoms with Gasteiger partial charge < -0.3 is 14.8 Å². The van der Waals surface area contributed by atoms with Crippen LogP contribution in [-0.2, 0) is 11.3 Å². The molecule has 5 nitrogen and oxygen atoms in total. The van der Waals surface area contributed by atoms with E-state index in [0.717, 1.165) is 41.5 Å². The highest BCUT2D eigenvalue weighted by Gasteiger charge is 2.13. The number of carbonyl (C=O) groups is 1. The molecule has 3 heterocycles. The molecule has 1 aliphatic rings. The van der Waals surface area contributed by atoms with Crippen LogP contribution in [0.15, 0.2) is 48.0 Å². The average Bonchev–Trinajstić information content (AvgIpc) is 3.47. The first-order chi connectivity index (χ1) is 14.2. The number of rotatable bonds is 8. The zero-order valence-electron chi connectivity index (χ0n) is 16.9. The van der Waals surface area contributed by atoms with Crippen LogP contribution >= 0.6 is 11.3 Å². The van der Waals surface area contributed by atoms with Gasteiger partial charge in [-0.3, -0.25) is 4.79 Å². The van der Waals surface area contributed by atoms with Crippen molar-refractivity contribution in [1.82, 2.24) is 19.8 Å². The topological polar surface area (TPSA) is 50.2 Å². The van der Waals surface area contributed by atoms with Gasteiger partial charge in [0.15, 0.2) is 0 Å². The Hall–Kier alpha value is -2.44. The lowest BCUT2D eigenvalue weighted by molar-refractivity contribution is -0.121. The lowest BCUT2D eigenvalue weighted by Crippen LogP contribution is -2.31. The van der Waals surface area contributed by atoms with Crippen molar-refractivity contribution in [3.8, 4) is 22.0 Å². The van der Waals surface area contributed by atoms with Gasteiger partial charge in [0.25, 0.3) is 0 Å². The average molecular weight is 409 g/mol. The number of amides is 1. The zero-order valence-corrected chi connectivity index (χ0v) is 17.8. The van der Waals surface area contributed by atoms with E-state index in [1.165, 1.54) is 31.5 Å². The van der Waals surface area contributed by atoms with Gasteiger partial charge in [0.1, 0.15) is 11.6 Å². The summed E-state index contributed by atoms with van der Waals surface area (Å²) in [5.74, 6) is 0.0548. The third-order valence-electron chi connectivity index (χ3n) is 5.39. The van der Waals surface area contributed by atoms with Gasteiger partial charge in [0.2, 0.25) is 5.91 Å². The Labute approximate surface area is 176 Å². The molecule has 1 amide bonds. The molecule has 0 aliphatic carbocycles. The number of hydrogen-bond donors (Lipinski definition) is 1. The Morgan fingerprint density at radius 2 is 1.97 bits per heavy atom. The second kappa shape index (κ2) is 9.37. The van der Waals surface area contributed by atoms with Gasteiger partial charge in [-0.2, -0.15) is 0 Å². The summed E-state index contributed by atoms with van der Waals surface area (Å²) in [5.41, 5.74) is 4.32. The van der Waals surface area contributed by atoms with Gasteiger partial charge in [-0.25, -0.2) is 4.98 Å². The quantitative estimate of drug-likeness (QED) is 0.569. The number of nitrogens with one attached hydrogen (secondary N) is 1. The predicted molar refractivity (Wildman–Crippen MR) is 119 cm³/mol. The van der Waals surface area contributed by atoms with E-state index in [-0.39, 0.29) is 5.91 Å². The molecule has 0 saturated carbocycles. The molecule has 0 spiro atoms. The summed E-state index contributed by atoms with van der Waals surface area (Å²) in [6, 6.07) is 12.4. The minimum Gasteiger partial charge on any atom is -0.355 e. The molecule has 1 aliphatic heterocycles. The molecule has 29 heavy (non-hydrogen) atoms. The lowest BCUT2D eigenvalue weighted by atomic mass is 10.1. The van der Waals surface area contributed by atoms with Crippen LogP contribution in [0.4, 0.5) is 0 Å². The normalized spacial score (nSPS) is 14.4. The van der Waals surface area contributed by atoms with Crippen molar-refractivity contribution in [3.05, 3.63) is 53.5 Å². The SMILES string of the molecule is Cc1ccc(-c2csc(-c3cccn3CC(=O)NCCCN3CCCC3)n2)cc1. The van der Waals surface area contributed by atoms with Gasteiger partial charge in [-0.05, 0) is 58.0 Å². The van der Waals surface area contributed by atoms with E-state index in [1.807, 2.05) is 22.9 Å². The summed E-state index contributed by atoms with van der Waals surface area (Å²) in [6.07, 6.45) is 5.58. The maximum Gasteiger partial charge on any atom is 0.239 e. The molecule has 4 rings (SSSR count). The van der Waals surface area contributed by atoms with Gasteiger partial charge in [-0.15, -0.1) is 11.3 Å². The zero-order chi connectivity index (χ0) is 20.1. The summed E-state index contributed by atoms with van der Waals surface area (Å²) in [6.45, 7) is 6.64. The fourth-order valence-electron chi connectivity index (χ4n) is 3.74. The molecular formula is C23H28N4OS. The van der Waals surface area contributed by atoms with Crippen LogP contribution in [0.25, 0.3) is 22.0 Å². The van der Waals surface area contributed by atoms with E-state index in [1.54, 1.807) is 11.3 Å². The number of aromatic nitrogens is 2. The molecule has 0 radical (unpaired) electrons. The van der Waals surface area contributed by atoms with Gasteiger partial charge in [0.05, 0.1) is 11.4 Å². The minimum atomic E-state index is 0.0548. The second-order valence-corrected chi connectivity index (χ2v) is 8.54. The minimum absolute atomic E-state index is 0.0548. The van der Waals surface area contributed by atoms with Crippen molar-refractivity contribution in [1.29, 1.82) is 0 Å². The molecule has 1 aromatic carbocycles. The molecule has 0 unspecified atom stereocenters. The summed E-state index contributed by atoms with van der Waals surface area (Å²) in [4.78, 5) is 19.7. The van der Waals surface area contributed by atoms with Crippen LogP contribution in [-0.4, -0.2) is 46.5 Å². The Kier molecular flexibility index (Phi) is 6.42. The Bertz CT molecular complexity index is 938. The third kappa shape index (κ3) is 5.14. The molecule has 0 bridgehead atoms. The Balaban J connectivity index is 1.33. The van der Waals surface area contributed by atoms with E-state index in [4.69, 9.17) is 4.98 Å². The number of hydrogen-bond acceptors (Lipinski definition) is 4. The van der Waals surface area contributed by atoms with Crippen LogP contribution in [0.1, 0.15) is 24.8 Å². The number of likely N-dealkylation sites (tertiary alicyclic amines) is 1. The van der Waals surface area contributed by atoms with Crippen LogP contribution < -0.4 is 5.32 Å². The van der Waals surface area contributed by atoms with E-state index < -0.39 is 0 Å². The number of aryl methyl sites for hydroxylation is 1. The van der Waals surface area contributed by atoms with E-state index >= 15 is 0 Å². The molecule has 3 aromatic rings. The third-order valence-corrected chi connectivity index (χ3v) is 6.25. The predicted octanol–water partition coefficient (Wildman–Crippen LogP) is 4.19. The van der Waals surface area contributed by atoms with Crippen LogP contribution in [0.3, 0.4) is 0 Å². The number of nitrogens with zero attached hydrogens (tertiary/aromatic N) is 3. The fourth-order valence-corrected chi connectivity index (χ4v) is 4.61. The molecule has 6 heteroatoms. The summed E-state index contributed by atoms with van der Waals surface area (Å²) in [7, 11) is 0. The van der Waals surface area contributed by atoms with E-state index in [9.17, 15) is 4.79 Å². The smallest absolute Gasteiger partial charge is 0.239 e. The summed E-state index contributed by atoms with van der Waals surface area (Å²) in [5, 5.41) is 6.07. The van der Waals surface area contributed by atoms with Gasteiger partial charge >= 0.3 is 0 Å². The number of carbonyl (C=O) groups excluding carboxylic acids is 1. The largest absolute Gasteiger partial charge is 0.355 e. The maximum atomic E-state index is 12.4. The van der Waals surface area contributed by atoms with Crippen LogP contribution in [0, 0.1) is 6.92 Å². The number of thiazole rings is 1. The molecule has 1 fully saturated rings. The molecule has 152 valence electrons. The molecule has 1 saturated heterocycles. The lowest BCUT2D eigenvalue weighted by Gasteiger charge is -2.14.